The standard InChI is InChI=1S/2C12H24O4Si.Pt/c2*1-8(2)11(14)12(10(5)13)17(15-6,16-7)9(3)4;/h2*8-9,12H,1-7H3;/q;;+2. The van der Waals surface area contributed by atoms with Gasteiger partial charge in [0.25, 0.3) is 0 Å². The first-order valence-corrected chi connectivity index (χ1v) is 15.7. The molecular weight excluding hydrogens is 668 g/mol. The van der Waals surface area contributed by atoms with E-state index >= 15 is 0 Å². The summed E-state index contributed by atoms with van der Waals surface area (Å²) in [5, 5.41) is 0. The van der Waals surface area contributed by atoms with E-state index in [0.717, 1.165) is 0 Å². The minimum atomic E-state index is -2.84. The molecule has 0 aromatic rings. The third-order valence-corrected chi connectivity index (χ3v) is 15.0. The summed E-state index contributed by atoms with van der Waals surface area (Å²) in [6, 6.07) is 0. The molecular formula is C24H48O8PtSi2+2. The first-order chi connectivity index (χ1) is 15.5. The van der Waals surface area contributed by atoms with E-state index in [9.17, 15) is 19.2 Å². The van der Waals surface area contributed by atoms with Gasteiger partial charge in [-0.25, -0.2) is 0 Å². The molecule has 0 aliphatic heterocycles. The van der Waals surface area contributed by atoms with Gasteiger partial charge in [-0.15, -0.1) is 0 Å². The molecule has 0 bridgehead atoms. The van der Waals surface area contributed by atoms with Crippen LogP contribution in [0.5, 0.6) is 0 Å². The molecule has 11 heteroatoms. The van der Waals surface area contributed by atoms with Crippen LogP contribution in [-0.4, -0.2) is 68.7 Å². The molecule has 0 aliphatic carbocycles. The van der Waals surface area contributed by atoms with Crippen molar-refractivity contribution in [2.24, 2.45) is 11.8 Å². The molecule has 0 aromatic carbocycles. The number of carbonyl (C=O) groups excluding carboxylic acids is 4. The van der Waals surface area contributed by atoms with E-state index in [-0.39, 0.29) is 67.1 Å². The van der Waals surface area contributed by atoms with E-state index in [1.807, 2.05) is 27.7 Å². The number of hydrogen-bond donors (Lipinski definition) is 0. The summed E-state index contributed by atoms with van der Waals surface area (Å²) < 4.78 is 22.1. The van der Waals surface area contributed by atoms with Crippen LogP contribution in [-0.2, 0) is 57.9 Å². The van der Waals surface area contributed by atoms with Gasteiger partial charge in [-0.1, -0.05) is 55.4 Å². The van der Waals surface area contributed by atoms with Gasteiger partial charge in [0.2, 0.25) is 0 Å². The first kappa shape index (κ1) is 39.2. The molecule has 0 saturated carbocycles. The fourth-order valence-corrected chi connectivity index (χ4v) is 11.4. The summed E-state index contributed by atoms with van der Waals surface area (Å²) in [7, 11) is 0.432. The van der Waals surface area contributed by atoms with Crippen molar-refractivity contribution in [3.05, 3.63) is 0 Å². The summed E-state index contributed by atoms with van der Waals surface area (Å²) in [5.74, 6) is -0.872. The molecule has 0 fully saturated rings. The van der Waals surface area contributed by atoms with Crippen LogP contribution in [0.3, 0.4) is 0 Å². The van der Waals surface area contributed by atoms with Gasteiger partial charge in [0.05, 0.1) is 0 Å². The molecule has 0 spiro atoms. The van der Waals surface area contributed by atoms with Crippen LogP contribution in [0, 0.1) is 11.8 Å². The van der Waals surface area contributed by atoms with Crippen molar-refractivity contribution in [1.82, 2.24) is 0 Å². The van der Waals surface area contributed by atoms with Gasteiger partial charge >= 0.3 is 38.2 Å². The Balaban J connectivity index is -0.000000569. The second-order valence-corrected chi connectivity index (χ2v) is 17.8. The monoisotopic (exact) mass is 715 g/mol. The summed E-state index contributed by atoms with van der Waals surface area (Å²) in [5.41, 5.74) is -1.40. The Morgan fingerprint density at radius 2 is 0.714 bits per heavy atom. The van der Waals surface area contributed by atoms with Crippen molar-refractivity contribution in [1.29, 1.82) is 0 Å². The van der Waals surface area contributed by atoms with Gasteiger partial charge in [0.15, 0.2) is 0 Å². The minimum absolute atomic E-state index is 0. The number of rotatable bonds is 14. The molecule has 0 aromatic heterocycles. The van der Waals surface area contributed by atoms with Gasteiger partial charge in [0, 0.05) is 40.3 Å². The van der Waals surface area contributed by atoms with E-state index in [1.54, 1.807) is 27.7 Å². The van der Waals surface area contributed by atoms with Crippen LogP contribution in [0.2, 0.25) is 22.2 Å². The van der Waals surface area contributed by atoms with Gasteiger partial charge in [0.1, 0.15) is 34.2 Å². The number of Topliss-reactive ketones (excluding diaryl/α,β-unsaturated/α-hetero) is 4. The third-order valence-electron chi connectivity index (χ3n) is 6.21. The summed E-state index contributed by atoms with van der Waals surface area (Å²) in [6.45, 7) is 17.8. The van der Waals surface area contributed by atoms with Gasteiger partial charge in [-0.2, -0.15) is 0 Å². The fourth-order valence-electron chi connectivity index (χ4n) is 4.28. The van der Waals surface area contributed by atoms with E-state index < -0.39 is 28.2 Å². The summed E-state index contributed by atoms with van der Waals surface area (Å²) in [6.07, 6.45) is 0. The molecule has 0 radical (unpaired) electrons. The van der Waals surface area contributed by atoms with Crippen molar-refractivity contribution in [2.75, 3.05) is 28.4 Å². The Bertz CT molecular complexity index is 629. The van der Waals surface area contributed by atoms with E-state index in [4.69, 9.17) is 17.7 Å². The quantitative estimate of drug-likeness (QED) is 0.190. The molecule has 0 saturated heterocycles. The van der Waals surface area contributed by atoms with Crippen molar-refractivity contribution in [3.63, 3.8) is 0 Å². The van der Waals surface area contributed by atoms with Crippen molar-refractivity contribution >= 4 is 40.3 Å². The second-order valence-electron chi connectivity index (χ2n) is 9.77. The molecule has 0 N–H and O–H groups in total. The number of ketones is 4. The smallest absolute Gasteiger partial charge is 0.397 e. The van der Waals surface area contributed by atoms with Crippen molar-refractivity contribution in [2.45, 2.75) is 91.4 Å². The molecule has 0 aliphatic rings. The van der Waals surface area contributed by atoms with E-state index in [1.165, 1.54) is 42.3 Å². The predicted molar refractivity (Wildman–Crippen MR) is 138 cm³/mol. The maximum Gasteiger partial charge on any atom is 2.00 e. The topological polar surface area (TPSA) is 105 Å². The zero-order chi connectivity index (χ0) is 27.6. The average Bonchev–Trinajstić information content (AvgIpc) is 2.74. The zero-order valence-corrected chi connectivity index (χ0v) is 28.3. The van der Waals surface area contributed by atoms with Crippen LogP contribution in [0.25, 0.3) is 0 Å². The Kier molecular flexibility index (Phi) is 19.3. The van der Waals surface area contributed by atoms with Crippen LogP contribution >= 0.6 is 0 Å². The molecule has 35 heavy (non-hydrogen) atoms. The fraction of sp³-hybridized carbons (Fsp3) is 0.833. The minimum Gasteiger partial charge on any atom is -0.397 e. The second kappa shape index (κ2) is 17.2. The van der Waals surface area contributed by atoms with E-state index in [2.05, 4.69) is 0 Å². The SMILES string of the molecule is CO[Si](OC)(C(C)C)C(C(C)=O)C(=O)C(C)C.CO[Si](OC)(C(C)C)C(C(C)=O)C(=O)C(C)C.[Pt+2]. The van der Waals surface area contributed by atoms with Crippen LogP contribution in [0.1, 0.15) is 69.2 Å². The van der Waals surface area contributed by atoms with Crippen molar-refractivity contribution < 1.29 is 57.9 Å². The molecule has 0 amide bonds. The molecule has 208 valence electrons. The normalized spacial score (nSPS) is 13.8. The Morgan fingerprint density at radius 1 is 0.514 bits per heavy atom. The maximum atomic E-state index is 12.2. The molecule has 2 unspecified atom stereocenters. The Labute approximate surface area is 229 Å². The first-order valence-electron chi connectivity index (χ1n) is 11.8. The predicted octanol–water partition coefficient (Wildman–Crippen LogP) is 4.63. The Hall–Kier alpha value is -0.358. The molecule has 0 heterocycles. The molecule has 2 atom stereocenters. The number of hydrogen-bond acceptors (Lipinski definition) is 8. The third kappa shape index (κ3) is 9.47. The largest absolute Gasteiger partial charge is 2.00 e. The molecule has 0 rings (SSSR count). The Morgan fingerprint density at radius 3 is 0.800 bits per heavy atom. The van der Waals surface area contributed by atoms with Crippen LogP contribution < -0.4 is 0 Å². The van der Waals surface area contributed by atoms with Gasteiger partial charge < -0.3 is 17.7 Å². The van der Waals surface area contributed by atoms with Crippen LogP contribution in [0.15, 0.2) is 0 Å². The van der Waals surface area contributed by atoms with Crippen LogP contribution in [0.4, 0.5) is 0 Å². The summed E-state index contributed by atoms with van der Waals surface area (Å²) >= 11 is 0. The van der Waals surface area contributed by atoms with E-state index in [0.29, 0.717) is 0 Å². The number of carbonyl (C=O) groups is 4. The average molecular weight is 716 g/mol. The zero-order valence-electron chi connectivity index (χ0n) is 24.0. The van der Waals surface area contributed by atoms with Gasteiger partial charge in [-0.3, -0.25) is 19.2 Å². The van der Waals surface area contributed by atoms with Crippen molar-refractivity contribution in [3.8, 4) is 0 Å². The molecule has 8 nitrogen and oxygen atoms in total. The van der Waals surface area contributed by atoms with Gasteiger partial charge in [-0.05, 0) is 24.9 Å². The maximum absolute atomic E-state index is 12.2. The summed E-state index contributed by atoms with van der Waals surface area (Å²) in [4.78, 5) is 48.0.